The number of nitrogens with zero attached hydrogens (tertiary/aromatic N) is 2. The van der Waals surface area contributed by atoms with Gasteiger partial charge in [0.15, 0.2) is 5.75 Å². The summed E-state index contributed by atoms with van der Waals surface area (Å²) in [6.45, 7) is 3.67. The van der Waals surface area contributed by atoms with Crippen molar-refractivity contribution in [1.29, 1.82) is 0 Å². The van der Waals surface area contributed by atoms with Crippen LogP contribution in [0.4, 0.5) is 0 Å². The lowest BCUT2D eigenvalue weighted by Gasteiger charge is -2.00. The topological polar surface area (TPSA) is 27.1 Å². The van der Waals surface area contributed by atoms with Crippen molar-refractivity contribution in [1.82, 2.24) is 9.78 Å². The Morgan fingerprint density at radius 2 is 2.44 bits per heavy atom. The fourth-order valence-corrected chi connectivity index (χ4v) is 2.72. The normalized spacial score (nSPS) is 10.6. The van der Waals surface area contributed by atoms with Crippen LogP contribution in [0.2, 0.25) is 0 Å². The van der Waals surface area contributed by atoms with Gasteiger partial charge in [0.25, 0.3) is 0 Å². The summed E-state index contributed by atoms with van der Waals surface area (Å²) in [6, 6.07) is 2.07. The maximum Gasteiger partial charge on any atom is 0.157 e. The molecular formula is C11H13BrN2OS. The van der Waals surface area contributed by atoms with Gasteiger partial charge >= 0.3 is 0 Å². The molecule has 0 spiro atoms. The molecule has 0 N–H and O–H groups in total. The van der Waals surface area contributed by atoms with Crippen LogP contribution in [-0.4, -0.2) is 9.78 Å². The molecule has 0 aliphatic heterocycles. The molecular weight excluding hydrogens is 288 g/mol. The number of hydrogen-bond acceptors (Lipinski definition) is 3. The van der Waals surface area contributed by atoms with Gasteiger partial charge < -0.3 is 4.74 Å². The highest BCUT2D eigenvalue weighted by atomic mass is 79.9. The molecule has 0 aliphatic carbocycles. The summed E-state index contributed by atoms with van der Waals surface area (Å²) in [5, 5.41) is 6.26. The Morgan fingerprint density at radius 3 is 3.12 bits per heavy atom. The summed E-state index contributed by atoms with van der Waals surface area (Å²) in [6.07, 6.45) is 4.78. The molecule has 0 bridgehead atoms. The molecule has 16 heavy (non-hydrogen) atoms. The van der Waals surface area contributed by atoms with Crippen LogP contribution in [0.5, 0.6) is 5.75 Å². The van der Waals surface area contributed by atoms with Crippen molar-refractivity contribution in [2.75, 3.05) is 0 Å². The summed E-state index contributed by atoms with van der Waals surface area (Å²) < 4.78 is 8.65. The van der Waals surface area contributed by atoms with Gasteiger partial charge in [-0.3, -0.25) is 4.68 Å². The zero-order valence-corrected chi connectivity index (χ0v) is 11.4. The fourth-order valence-electron chi connectivity index (χ4n) is 1.35. The lowest BCUT2D eigenvalue weighted by molar-refractivity contribution is 0.309. The van der Waals surface area contributed by atoms with E-state index in [2.05, 4.69) is 39.4 Å². The molecule has 86 valence electrons. The molecule has 0 radical (unpaired) electrons. The van der Waals surface area contributed by atoms with Gasteiger partial charge in [-0.1, -0.05) is 6.92 Å². The van der Waals surface area contributed by atoms with E-state index in [1.807, 2.05) is 10.9 Å². The number of thiophene rings is 1. The quantitative estimate of drug-likeness (QED) is 0.842. The second-order valence-corrected chi connectivity index (χ2v) is 5.37. The van der Waals surface area contributed by atoms with E-state index in [4.69, 9.17) is 4.74 Å². The Hall–Kier alpha value is -0.810. The van der Waals surface area contributed by atoms with Gasteiger partial charge in [-0.2, -0.15) is 5.10 Å². The van der Waals surface area contributed by atoms with Crippen LogP contribution in [0.1, 0.15) is 18.2 Å². The van der Waals surface area contributed by atoms with E-state index in [9.17, 15) is 0 Å². The summed E-state index contributed by atoms with van der Waals surface area (Å²) in [5.74, 6) is 0.831. The maximum atomic E-state index is 5.64. The van der Waals surface area contributed by atoms with Crippen LogP contribution in [0.15, 0.2) is 28.3 Å². The maximum absolute atomic E-state index is 5.64. The Labute approximate surface area is 107 Å². The first-order valence-corrected chi connectivity index (χ1v) is 6.83. The van der Waals surface area contributed by atoms with Crippen molar-refractivity contribution in [3.05, 3.63) is 33.2 Å². The monoisotopic (exact) mass is 300 g/mol. The van der Waals surface area contributed by atoms with Gasteiger partial charge in [0, 0.05) is 21.3 Å². The number of aromatic nitrogens is 2. The van der Waals surface area contributed by atoms with Crippen molar-refractivity contribution in [2.45, 2.75) is 26.5 Å². The standard InChI is InChI=1S/C11H13BrN2OS/c1-2-3-14-6-10(5-13-14)15-7-11-4-9(12)8-16-11/h4-6,8H,2-3,7H2,1H3. The van der Waals surface area contributed by atoms with Crippen LogP contribution < -0.4 is 4.74 Å². The van der Waals surface area contributed by atoms with E-state index < -0.39 is 0 Å². The molecule has 0 aromatic carbocycles. The number of aryl methyl sites for hydroxylation is 1. The Balaban J connectivity index is 1.89. The first-order valence-electron chi connectivity index (χ1n) is 5.16. The van der Waals surface area contributed by atoms with Crippen LogP contribution in [0.3, 0.4) is 0 Å². The highest BCUT2D eigenvalue weighted by molar-refractivity contribution is 9.10. The van der Waals surface area contributed by atoms with E-state index in [1.165, 1.54) is 4.88 Å². The van der Waals surface area contributed by atoms with Gasteiger partial charge in [0.1, 0.15) is 6.61 Å². The van der Waals surface area contributed by atoms with Gasteiger partial charge in [-0.15, -0.1) is 11.3 Å². The SMILES string of the molecule is CCCn1cc(OCc2cc(Br)cs2)cn1. The minimum Gasteiger partial charge on any atom is -0.485 e. The zero-order valence-electron chi connectivity index (χ0n) is 9.02. The molecule has 0 atom stereocenters. The molecule has 2 heterocycles. The number of rotatable bonds is 5. The molecule has 0 amide bonds. The Morgan fingerprint density at radius 1 is 1.56 bits per heavy atom. The fraction of sp³-hybridized carbons (Fsp3) is 0.364. The second kappa shape index (κ2) is 5.50. The van der Waals surface area contributed by atoms with E-state index in [0.717, 1.165) is 23.2 Å². The van der Waals surface area contributed by atoms with Crippen molar-refractivity contribution in [2.24, 2.45) is 0 Å². The summed E-state index contributed by atoms with van der Waals surface area (Å²) in [7, 11) is 0. The van der Waals surface area contributed by atoms with E-state index >= 15 is 0 Å². The smallest absolute Gasteiger partial charge is 0.157 e. The third-order valence-electron chi connectivity index (χ3n) is 2.07. The predicted molar refractivity (Wildman–Crippen MR) is 68.9 cm³/mol. The highest BCUT2D eigenvalue weighted by Gasteiger charge is 2.01. The largest absolute Gasteiger partial charge is 0.485 e. The molecule has 0 aliphatic rings. The molecule has 5 heteroatoms. The molecule has 2 aromatic heterocycles. The molecule has 0 unspecified atom stereocenters. The predicted octanol–water partition coefficient (Wildman–Crippen LogP) is 3.70. The number of halogens is 1. The van der Waals surface area contributed by atoms with E-state index in [-0.39, 0.29) is 0 Å². The summed E-state index contributed by atoms with van der Waals surface area (Å²) in [5.41, 5.74) is 0. The van der Waals surface area contributed by atoms with Gasteiger partial charge in [0.05, 0.1) is 12.4 Å². The van der Waals surface area contributed by atoms with E-state index in [1.54, 1.807) is 17.5 Å². The van der Waals surface area contributed by atoms with Crippen molar-refractivity contribution < 1.29 is 4.74 Å². The lowest BCUT2D eigenvalue weighted by Crippen LogP contribution is -1.96. The molecule has 2 rings (SSSR count). The number of hydrogen-bond donors (Lipinski definition) is 0. The first-order chi connectivity index (χ1) is 7.78. The van der Waals surface area contributed by atoms with E-state index in [0.29, 0.717) is 6.61 Å². The van der Waals surface area contributed by atoms with Crippen LogP contribution in [0, 0.1) is 0 Å². The van der Waals surface area contributed by atoms with Crippen LogP contribution >= 0.6 is 27.3 Å². The molecule has 0 saturated carbocycles. The number of ether oxygens (including phenoxy) is 1. The van der Waals surface area contributed by atoms with Gasteiger partial charge in [-0.05, 0) is 28.4 Å². The second-order valence-electron chi connectivity index (χ2n) is 3.46. The lowest BCUT2D eigenvalue weighted by atomic mass is 10.5. The highest BCUT2D eigenvalue weighted by Crippen LogP contribution is 2.21. The Kier molecular flexibility index (Phi) is 4.01. The van der Waals surface area contributed by atoms with Crippen molar-refractivity contribution in [3.8, 4) is 5.75 Å². The van der Waals surface area contributed by atoms with Crippen LogP contribution in [0.25, 0.3) is 0 Å². The van der Waals surface area contributed by atoms with Crippen molar-refractivity contribution in [3.63, 3.8) is 0 Å². The molecule has 2 aromatic rings. The first kappa shape index (κ1) is 11.7. The Bertz CT molecular complexity index is 452. The molecule has 3 nitrogen and oxygen atoms in total. The summed E-state index contributed by atoms with van der Waals surface area (Å²) in [4.78, 5) is 1.20. The van der Waals surface area contributed by atoms with Gasteiger partial charge in [0.2, 0.25) is 0 Å². The molecule has 0 fully saturated rings. The minimum absolute atomic E-state index is 0.605. The minimum atomic E-state index is 0.605. The van der Waals surface area contributed by atoms with Crippen molar-refractivity contribution >= 4 is 27.3 Å². The third kappa shape index (κ3) is 3.09. The zero-order chi connectivity index (χ0) is 11.4. The third-order valence-corrected chi connectivity index (χ3v) is 3.74. The molecule has 0 saturated heterocycles. The van der Waals surface area contributed by atoms with Gasteiger partial charge in [-0.25, -0.2) is 0 Å². The average Bonchev–Trinajstić information content (AvgIpc) is 2.85. The summed E-state index contributed by atoms with van der Waals surface area (Å²) >= 11 is 5.11. The van der Waals surface area contributed by atoms with Crippen LogP contribution in [-0.2, 0) is 13.2 Å². The average molecular weight is 301 g/mol.